The van der Waals surface area contributed by atoms with Crippen molar-refractivity contribution in [3.05, 3.63) is 60.2 Å². The van der Waals surface area contributed by atoms with Crippen LogP contribution in [0.1, 0.15) is 31.2 Å². The van der Waals surface area contributed by atoms with Gasteiger partial charge in [0.1, 0.15) is 11.4 Å². The van der Waals surface area contributed by atoms with Gasteiger partial charge in [-0.05, 0) is 37.0 Å². The smallest absolute Gasteiger partial charge is 0.145 e. The van der Waals surface area contributed by atoms with E-state index in [0.29, 0.717) is 0 Å². The fourth-order valence-electron chi connectivity index (χ4n) is 4.10. The van der Waals surface area contributed by atoms with Crippen LogP contribution in [0.15, 0.2) is 59.6 Å². The molecule has 5 heteroatoms. The Labute approximate surface area is 167 Å². The number of nitrogens with one attached hydrogen (secondary N) is 2. The summed E-state index contributed by atoms with van der Waals surface area (Å²) in [4.78, 5) is 5.03. The van der Waals surface area contributed by atoms with Gasteiger partial charge in [0.05, 0.1) is 11.4 Å². The molecule has 2 aliphatic rings. The van der Waals surface area contributed by atoms with Crippen LogP contribution in [0.2, 0.25) is 0 Å². The van der Waals surface area contributed by atoms with Crippen LogP contribution < -0.4 is 10.7 Å². The zero-order valence-electron chi connectivity index (χ0n) is 16.7. The number of unbranched alkanes of at least 4 members (excludes halogenated alkanes) is 1. The first kappa shape index (κ1) is 19.0. The van der Waals surface area contributed by atoms with E-state index in [4.69, 9.17) is 9.73 Å². The fraction of sp³-hybridized carbons (Fsp3) is 0.435. The first-order valence-electron chi connectivity index (χ1n) is 10.3. The van der Waals surface area contributed by atoms with Crippen LogP contribution in [0.25, 0.3) is 0 Å². The molecule has 0 unspecified atom stereocenters. The van der Waals surface area contributed by atoms with Gasteiger partial charge >= 0.3 is 0 Å². The molecule has 2 aromatic carbocycles. The van der Waals surface area contributed by atoms with E-state index < -0.39 is 0 Å². The van der Waals surface area contributed by atoms with Crippen LogP contribution in [0.5, 0.6) is 0 Å². The highest BCUT2D eigenvalue weighted by molar-refractivity contribution is 6.00. The van der Waals surface area contributed by atoms with E-state index in [1.54, 1.807) is 0 Å². The van der Waals surface area contributed by atoms with E-state index in [2.05, 4.69) is 71.3 Å². The van der Waals surface area contributed by atoms with Gasteiger partial charge in [-0.25, -0.2) is 10.4 Å². The molecule has 2 N–H and O–H groups in total. The van der Waals surface area contributed by atoms with Crippen molar-refractivity contribution >= 4 is 17.2 Å². The van der Waals surface area contributed by atoms with E-state index in [9.17, 15) is 0 Å². The van der Waals surface area contributed by atoms with Gasteiger partial charge in [-0.15, -0.1) is 0 Å². The normalized spacial score (nSPS) is 17.5. The van der Waals surface area contributed by atoms with Crippen molar-refractivity contribution in [2.24, 2.45) is 4.99 Å². The van der Waals surface area contributed by atoms with Crippen LogP contribution in [0, 0.1) is 0 Å². The van der Waals surface area contributed by atoms with Crippen molar-refractivity contribution in [1.82, 2.24) is 10.4 Å². The van der Waals surface area contributed by atoms with Crippen molar-refractivity contribution in [3.63, 3.8) is 0 Å². The molecule has 28 heavy (non-hydrogen) atoms. The minimum Gasteiger partial charge on any atom is -0.381 e. The van der Waals surface area contributed by atoms with Crippen LogP contribution in [-0.4, -0.2) is 43.2 Å². The molecule has 0 amide bonds. The van der Waals surface area contributed by atoms with Crippen molar-refractivity contribution in [2.45, 2.75) is 37.6 Å². The SMILES string of the molecule is CN(NCCCCc1ccccc1)C1=Nc2ccccc2NC12CCOCC2. The van der Waals surface area contributed by atoms with E-state index in [1.165, 1.54) is 12.0 Å². The Morgan fingerprint density at radius 1 is 1.04 bits per heavy atom. The molecule has 1 fully saturated rings. The molecule has 0 saturated carbocycles. The Bertz CT molecular complexity index is 799. The van der Waals surface area contributed by atoms with Crippen molar-refractivity contribution in [3.8, 4) is 0 Å². The van der Waals surface area contributed by atoms with Gasteiger partial charge in [-0.1, -0.05) is 42.5 Å². The molecule has 2 aromatic rings. The zero-order valence-corrected chi connectivity index (χ0v) is 16.7. The second kappa shape index (κ2) is 8.76. The Balaban J connectivity index is 1.38. The Hall–Kier alpha value is -2.37. The van der Waals surface area contributed by atoms with E-state index in [0.717, 1.165) is 62.7 Å². The molecule has 1 spiro atoms. The van der Waals surface area contributed by atoms with Gasteiger partial charge < -0.3 is 10.1 Å². The first-order valence-corrected chi connectivity index (χ1v) is 10.3. The lowest BCUT2D eigenvalue weighted by Gasteiger charge is -2.45. The molecule has 2 aliphatic heterocycles. The number of nitrogens with zero attached hydrogens (tertiary/aromatic N) is 2. The second-order valence-electron chi connectivity index (χ2n) is 7.68. The lowest BCUT2D eigenvalue weighted by atomic mass is 9.86. The molecule has 0 radical (unpaired) electrons. The highest BCUT2D eigenvalue weighted by Crippen LogP contribution is 2.38. The number of hydrogen-bond acceptors (Lipinski definition) is 5. The molecule has 148 valence electrons. The summed E-state index contributed by atoms with van der Waals surface area (Å²) in [5.74, 6) is 1.07. The minimum atomic E-state index is -0.154. The predicted octanol–water partition coefficient (Wildman–Crippen LogP) is 4.15. The molecule has 4 rings (SSSR count). The number of rotatable bonds is 6. The number of ether oxygens (including phenoxy) is 1. The molecular weight excluding hydrogens is 348 g/mol. The maximum Gasteiger partial charge on any atom is 0.145 e. The minimum absolute atomic E-state index is 0.154. The van der Waals surface area contributed by atoms with Crippen molar-refractivity contribution in [1.29, 1.82) is 0 Å². The first-order chi connectivity index (χ1) is 13.8. The second-order valence-corrected chi connectivity index (χ2v) is 7.68. The molecule has 1 saturated heterocycles. The van der Waals surface area contributed by atoms with E-state index in [1.807, 2.05) is 6.07 Å². The molecule has 0 bridgehead atoms. The summed E-state index contributed by atoms with van der Waals surface area (Å²) in [5, 5.41) is 5.90. The summed E-state index contributed by atoms with van der Waals surface area (Å²) in [5.41, 5.74) is 6.94. The van der Waals surface area contributed by atoms with Crippen LogP contribution in [0.3, 0.4) is 0 Å². The van der Waals surface area contributed by atoms with Crippen molar-refractivity contribution < 1.29 is 4.74 Å². The third-order valence-electron chi connectivity index (χ3n) is 5.68. The Morgan fingerprint density at radius 3 is 2.61 bits per heavy atom. The average Bonchev–Trinajstić information content (AvgIpc) is 2.74. The van der Waals surface area contributed by atoms with Gasteiger partial charge in [-0.3, -0.25) is 5.01 Å². The van der Waals surface area contributed by atoms with Gasteiger partial charge in [0, 0.05) is 39.6 Å². The highest BCUT2D eigenvalue weighted by atomic mass is 16.5. The van der Waals surface area contributed by atoms with E-state index >= 15 is 0 Å². The summed E-state index contributed by atoms with van der Waals surface area (Å²) >= 11 is 0. The standard InChI is InChI=1S/C23H30N4O/c1-27(24-16-8-7-11-19-9-3-2-4-10-19)22-23(14-17-28-18-15-23)26-21-13-6-5-12-20(21)25-22/h2-6,9-10,12-13,24,26H,7-8,11,14-18H2,1H3. The van der Waals surface area contributed by atoms with Crippen molar-refractivity contribution in [2.75, 3.05) is 32.1 Å². The van der Waals surface area contributed by atoms with Gasteiger partial charge in [0.25, 0.3) is 0 Å². The maximum atomic E-state index is 5.63. The largest absolute Gasteiger partial charge is 0.381 e. The molecule has 0 aliphatic carbocycles. The summed E-state index contributed by atoms with van der Waals surface area (Å²) < 4.78 is 5.63. The lowest BCUT2D eigenvalue weighted by Crippen LogP contribution is -2.59. The summed E-state index contributed by atoms with van der Waals surface area (Å²) in [6, 6.07) is 19.0. The lowest BCUT2D eigenvalue weighted by molar-refractivity contribution is 0.0740. The van der Waals surface area contributed by atoms with Gasteiger partial charge in [0.15, 0.2) is 0 Å². The number of fused-ring (bicyclic) bond motifs is 1. The highest BCUT2D eigenvalue weighted by Gasteiger charge is 2.42. The Kier molecular flexibility index (Phi) is 5.93. The topological polar surface area (TPSA) is 48.9 Å². The molecule has 5 nitrogen and oxygen atoms in total. The van der Waals surface area contributed by atoms with Gasteiger partial charge in [0.2, 0.25) is 0 Å². The fourth-order valence-corrected chi connectivity index (χ4v) is 4.10. The maximum absolute atomic E-state index is 5.63. The number of likely N-dealkylation sites (N-methyl/N-ethyl adjacent to an activating group) is 1. The summed E-state index contributed by atoms with van der Waals surface area (Å²) in [7, 11) is 2.09. The zero-order chi connectivity index (χ0) is 19.2. The quantitative estimate of drug-likeness (QED) is 0.586. The van der Waals surface area contributed by atoms with Crippen LogP contribution >= 0.6 is 0 Å². The number of benzene rings is 2. The number of amidine groups is 1. The van der Waals surface area contributed by atoms with Crippen LogP contribution in [0.4, 0.5) is 11.4 Å². The number of anilines is 1. The van der Waals surface area contributed by atoms with Gasteiger partial charge in [-0.2, -0.15) is 0 Å². The predicted molar refractivity (Wildman–Crippen MR) is 115 cm³/mol. The van der Waals surface area contributed by atoms with Crippen LogP contribution in [-0.2, 0) is 11.2 Å². The number of hydrogen-bond donors (Lipinski definition) is 2. The monoisotopic (exact) mass is 378 g/mol. The Morgan fingerprint density at radius 2 is 1.79 bits per heavy atom. The number of aryl methyl sites for hydroxylation is 1. The molecule has 0 aromatic heterocycles. The number of aliphatic imine (C=N–C) groups is 1. The molecule has 2 heterocycles. The van der Waals surface area contributed by atoms with E-state index in [-0.39, 0.29) is 5.54 Å². The summed E-state index contributed by atoms with van der Waals surface area (Å²) in [6.45, 7) is 2.47. The number of para-hydroxylation sites is 2. The molecular formula is C23H30N4O. The molecule has 0 atom stereocenters. The summed E-state index contributed by atoms with van der Waals surface area (Å²) in [6.07, 6.45) is 5.30. The third-order valence-corrected chi connectivity index (χ3v) is 5.68. The average molecular weight is 379 g/mol. The third kappa shape index (κ3) is 4.21. The number of hydrazine groups is 1.